The smallest absolute Gasteiger partial charge is 0.338 e. The van der Waals surface area contributed by atoms with Crippen LogP contribution in [0, 0.1) is 0 Å². The van der Waals surface area contributed by atoms with Gasteiger partial charge in [0.2, 0.25) is 0 Å². The molecule has 0 spiro atoms. The highest BCUT2D eigenvalue weighted by Crippen LogP contribution is 2.41. The molecule has 5 rings (SSSR count). The minimum Gasteiger partial charge on any atom is -0.466 e. The van der Waals surface area contributed by atoms with Crippen LogP contribution in [0.4, 0.5) is 16.2 Å². The monoisotopic (exact) mass is 500 g/mol. The molecule has 8 heteroatoms. The van der Waals surface area contributed by atoms with Crippen LogP contribution in [0.1, 0.15) is 31.4 Å². The molecule has 0 aliphatic carbocycles. The predicted octanol–water partition coefficient (Wildman–Crippen LogP) is 6.17. The first-order chi connectivity index (χ1) is 17.6. The zero-order valence-corrected chi connectivity index (χ0v) is 21.1. The Morgan fingerprint density at radius 3 is 2.72 bits per heavy atom. The lowest BCUT2D eigenvalue weighted by Gasteiger charge is -2.40. The molecule has 1 unspecified atom stereocenters. The summed E-state index contributed by atoms with van der Waals surface area (Å²) < 4.78 is 5.17. The molecule has 7 nitrogen and oxygen atoms in total. The van der Waals surface area contributed by atoms with Gasteiger partial charge in [-0.3, -0.25) is 0 Å². The van der Waals surface area contributed by atoms with Crippen LogP contribution in [0.15, 0.2) is 83.0 Å². The fraction of sp³-hybridized carbons (Fsp3) is 0.250. The van der Waals surface area contributed by atoms with E-state index in [0.717, 1.165) is 51.6 Å². The van der Waals surface area contributed by atoms with Crippen LogP contribution in [0.25, 0.3) is 10.8 Å². The van der Waals surface area contributed by atoms with E-state index in [1.807, 2.05) is 73.7 Å². The average Bonchev–Trinajstić information content (AvgIpc) is 2.91. The third-order valence-electron chi connectivity index (χ3n) is 6.39. The van der Waals surface area contributed by atoms with E-state index in [9.17, 15) is 9.59 Å². The minimum absolute atomic E-state index is 0.324. The van der Waals surface area contributed by atoms with Gasteiger partial charge in [0.25, 0.3) is 0 Å². The highest BCUT2D eigenvalue weighted by Gasteiger charge is 2.38. The molecule has 184 valence electrons. The summed E-state index contributed by atoms with van der Waals surface area (Å²) in [4.78, 5) is 32.8. The van der Waals surface area contributed by atoms with Crippen molar-refractivity contribution in [2.75, 3.05) is 30.0 Å². The number of carbonyl (C=O) groups is 2. The molecule has 2 aliphatic heterocycles. The van der Waals surface area contributed by atoms with E-state index in [-0.39, 0.29) is 18.0 Å². The van der Waals surface area contributed by atoms with E-state index in [1.54, 1.807) is 11.8 Å². The molecule has 0 radical (unpaired) electrons. The lowest BCUT2D eigenvalue weighted by Crippen LogP contribution is -2.42. The largest absolute Gasteiger partial charge is 0.466 e. The number of rotatable bonds is 5. The van der Waals surface area contributed by atoms with Gasteiger partial charge in [-0.25, -0.2) is 14.6 Å². The molecule has 1 saturated heterocycles. The molecule has 2 amide bonds. The van der Waals surface area contributed by atoms with Crippen molar-refractivity contribution in [3.8, 4) is 0 Å². The van der Waals surface area contributed by atoms with Gasteiger partial charge in [-0.05, 0) is 42.0 Å². The fourth-order valence-electron chi connectivity index (χ4n) is 4.76. The normalized spacial score (nSPS) is 17.3. The summed E-state index contributed by atoms with van der Waals surface area (Å²) >= 11 is 1.71. The molecule has 36 heavy (non-hydrogen) atoms. The predicted molar refractivity (Wildman–Crippen MR) is 146 cm³/mol. The summed E-state index contributed by atoms with van der Waals surface area (Å²) in [5.74, 6) is 0.630. The highest BCUT2D eigenvalue weighted by molar-refractivity contribution is 8.13. The Balaban J connectivity index is 1.44. The number of amidine groups is 1. The summed E-state index contributed by atoms with van der Waals surface area (Å²) in [6.07, 6.45) is 1.63. The van der Waals surface area contributed by atoms with E-state index in [0.29, 0.717) is 17.7 Å². The van der Waals surface area contributed by atoms with Crippen LogP contribution in [-0.4, -0.2) is 41.5 Å². The molecule has 3 aromatic rings. The number of hydrogen-bond acceptors (Lipinski definition) is 6. The number of anilines is 2. The third-order valence-corrected chi connectivity index (χ3v) is 7.46. The number of ether oxygens (including phenoxy) is 1. The van der Waals surface area contributed by atoms with Crippen LogP contribution in [0.5, 0.6) is 0 Å². The molecule has 2 N–H and O–H groups in total. The van der Waals surface area contributed by atoms with Crippen molar-refractivity contribution in [2.45, 2.75) is 25.8 Å². The number of benzene rings is 3. The second-order valence-electron chi connectivity index (χ2n) is 8.63. The number of nitrogens with zero attached hydrogens (tertiary/aromatic N) is 2. The van der Waals surface area contributed by atoms with Crippen LogP contribution in [0.3, 0.4) is 0 Å². The highest BCUT2D eigenvalue weighted by atomic mass is 32.2. The van der Waals surface area contributed by atoms with Crippen molar-refractivity contribution < 1.29 is 14.3 Å². The molecule has 2 heterocycles. The van der Waals surface area contributed by atoms with E-state index >= 15 is 0 Å². The van der Waals surface area contributed by atoms with Crippen molar-refractivity contribution in [3.63, 3.8) is 0 Å². The molecular weight excluding hydrogens is 472 g/mol. The zero-order chi connectivity index (χ0) is 25.1. The maximum absolute atomic E-state index is 12.9. The van der Waals surface area contributed by atoms with Crippen LogP contribution in [-0.2, 0) is 9.53 Å². The summed E-state index contributed by atoms with van der Waals surface area (Å²) in [5, 5.41) is 8.88. The third kappa shape index (κ3) is 4.68. The van der Waals surface area contributed by atoms with Gasteiger partial charge in [0.15, 0.2) is 5.17 Å². The average molecular weight is 501 g/mol. The lowest BCUT2D eigenvalue weighted by atomic mass is 9.93. The molecular formula is C28H28N4O3S. The minimum atomic E-state index is -0.373. The maximum Gasteiger partial charge on any atom is 0.338 e. The van der Waals surface area contributed by atoms with Gasteiger partial charge in [-0.15, -0.1) is 0 Å². The number of fused-ring (bicyclic) bond motifs is 2. The van der Waals surface area contributed by atoms with Crippen molar-refractivity contribution >= 4 is 51.1 Å². The van der Waals surface area contributed by atoms with Gasteiger partial charge in [0, 0.05) is 23.4 Å². The Hall–Kier alpha value is -3.78. The number of hydrogen-bond donors (Lipinski definition) is 2. The lowest BCUT2D eigenvalue weighted by molar-refractivity contribution is -0.136. The van der Waals surface area contributed by atoms with Crippen LogP contribution in [0.2, 0.25) is 0 Å². The van der Waals surface area contributed by atoms with Gasteiger partial charge in [-0.1, -0.05) is 67.2 Å². The number of urea groups is 1. The van der Waals surface area contributed by atoms with Gasteiger partial charge >= 0.3 is 12.0 Å². The molecule has 0 bridgehead atoms. The van der Waals surface area contributed by atoms with Crippen LogP contribution < -0.4 is 10.6 Å². The van der Waals surface area contributed by atoms with Crippen molar-refractivity contribution in [1.29, 1.82) is 0 Å². The van der Waals surface area contributed by atoms with Crippen molar-refractivity contribution in [2.24, 2.45) is 4.99 Å². The first-order valence-electron chi connectivity index (χ1n) is 12.0. The molecule has 1 fully saturated rings. The number of thioether (sulfide) groups is 1. The molecule has 1 atom stereocenters. The Kier molecular flexibility index (Phi) is 6.95. The fourth-order valence-corrected chi connectivity index (χ4v) is 5.76. The zero-order valence-electron chi connectivity index (χ0n) is 20.3. The summed E-state index contributed by atoms with van der Waals surface area (Å²) in [5.41, 5.74) is 3.59. The van der Waals surface area contributed by atoms with Gasteiger partial charge in [0.1, 0.15) is 0 Å². The summed E-state index contributed by atoms with van der Waals surface area (Å²) in [7, 11) is 1.40. The van der Waals surface area contributed by atoms with E-state index in [4.69, 9.17) is 9.73 Å². The first-order valence-corrected chi connectivity index (χ1v) is 13.0. The number of carbonyl (C=O) groups excluding carboxylic acids is 2. The van der Waals surface area contributed by atoms with Crippen molar-refractivity contribution in [1.82, 2.24) is 4.90 Å². The Bertz CT molecular complexity index is 1380. The van der Waals surface area contributed by atoms with E-state index in [2.05, 4.69) is 15.5 Å². The second kappa shape index (κ2) is 10.5. The summed E-state index contributed by atoms with van der Waals surface area (Å²) in [6.45, 7) is 2.80. The SMILES string of the molecule is CCC1=C(C(=O)OC)C(c2cccc(NC(=O)Nc3cccc4ccccc34)c2)N2CCCSC2=N1. The molecule has 2 aliphatic rings. The van der Waals surface area contributed by atoms with Gasteiger partial charge < -0.3 is 20.3 Å². The number of methoxy groups -OCH3 is 1. The first kappa shape index (κ1) is 23.9. The second-order valence-corrected chi connectivity index (χ2v) is 9.69. The van der Waals surface area contributed by atoms with E-state index in [1.165, 1.54) is 7.11 Å². The maximum atomic E-state index is 12.9. The molecule has 0 aromatic heterocycles. The van der Waals surface area contributed by atoms with Crippen LogP contribution >= 0.6 is 11.8 Å². The number of amides is 2. The van der Waals surface area contributed by atoms with Gasteiger partial charge in [-0.2, -0.15) is 0 Å². The van der Waals surface area contributed by atoms with Crippen molar-refractivity contribution in [3.05, 3.63) is 83.6 Å². The Labute approximate surface area is 214 Å². The van der Waals surface area contributed by atoms with Gasteiger partial charge in [0.05, 0.1) is 30.1 Å². The summed E-state index contributed by atoms with van der Waals surface area (Å²) in [6, 6.07) is 20.7. The standard InChI is InChI=1S/C28H28N4O3S/c1-3-22-24(26(33)35-2)25(32-15-8-16-36-28(32)31-22)19-11-6-12-20(17-19)29-27(34)30-23-14-7-10-18-9-4-5-13-21(18)23/h4-7,9-14,17,25H,3,8,15-16H2,1-2H3,(H2,29,30,34). The molecule has 3 aromatic carbocycles. The number of nitrogens with one attached hydrogen (secondary N) is 2. The van der Waals surface area contributed by atoms with E-state index < -0.39 is 0 Å². The number of aliphatic imine (C=N–C) groups is 1. The molecule has 0 saturated carbocycles. The number of esters is 1. The quantitative estimate of drug-likeness (QED) is 0.409. The topological polar surface area (TPSA) is 83.0 Å². The number of allylic oxidation sites excluding steroid dienone is 1. The Morgan fingerprint density at radius 2 is 1.89 bits per heavy atom. The Morgan fingerprint density at radius 1 is 1.08 bits per heavy atom.